The van der Waals surface area contributed by atoms with E-state index in [4.69, 9.17) is 4.74 Å². The third-order valence-corrected chi connectivity index (χ3v) is 4.94. The largest absolute Gasteiger partial charge is 0.494 e. The van der Waals surface area contributed by atoms with Gasteiger partial charge in [-0.2, -0.15) is 13.2 Å². The summed E-state index contributed by atoms with van der Waals surface area (Å²) in [5.41, 5.74) is 1.25. The maximum atomic E-state index is 13.0. The lowest BCUT2D eigenvalue weighted by molar-refractivity contribution is -0.137. The number of anilines is 1. The number of rotatable bonds is 9. The first-order valence-electron chi connectivity index (χ1n) is 10.5. The molecular weight excluding hydrogens is 431 g/mol. The van der Waals surface area contributed by atoms with E-state index in [0.717, 1.165) is 17.8 Å². The van der Waals surface area contributed by atoms with Gasteiger partial charge in [0.1, 0.15) is 5.75 Å². The van der Waals surface area contributed by atoms with E-state index in [0.29, 0.717) is 30.2 Å². The van der Waals surface area contributed by atoms with Gasteiger partial charge in [0.15, 0.2) is 0 Å². The first-order valence-corrected chi connectivity index (χ1v) is 10.5. The highest BCUT2D eigenvalue weighted by Crippen LogP contribution is 2.29. The quantitative estimate of drug-likeness (QED) is 0.391. The van der Waals surface area contributed by atoms with Crippen LogP contribution in [-0.4, -0.2) is 28.6 Å². The predicted octanol–water partition coefficient (Wildman–Crippen LogP) is 6.17. The van der Waals surface area contributed by atoms with Crippen molar-refractivity contribution in [2.24, 2.45) is 0 Å². The van der Waals surface area contributed by atoms with Crippen molar-refractivity contribution in [3.8, 4) is 5.75 Å². The maximum absolute atomic E-state index is 13.0. The minimum Gasteiger partial charge on any atom is -0.494 e. The average molecular weight is 457 g/mol. The number of benzene rings is 2. The molecule has 0 radical (unpaired) electrons. The molecule has 2 aromatic carbocycles. The lowest BCUT2D eigenvalue weighted by Gasteiger charge is -2.23. The molecule has 0 saturated carbocycles. The van der Waals surface area contributed by atoms with Crippen LogP contribution in [0.1, 0.15) is 23.7 Å². The number of ether oxygens (including phenoxy) is 1. The lowest BCUT2D eigenvalue weighted by Crippen LogP contribution is -2.35. The zero-order valence-corrected chi connectivity index (χ0v) is 18.3. The van der Waals surface area contributed by atoms with Crippen molar-refractivity contribution in [3.05, 3.63) is 96.3 Å². The molecule has 0 aliphatic rings. The van der Waals surface area contributed by atoms with Gasteiger partial charge in [0, 0.05) is 30.7 Å². The van der Waals surface area contributed by atoms with E-state index in [1.54, 1.807) is 53.6 Å². The predicted molar refractivity (Wildman–Crippen MR) is 122 cm³/mol. The smallest absolute Gasteiger partial charge is 0.416 e. The van der Waals surface area contributed by atoms with E-state index in [1.807, 2.05) is 17.6 Å². The second-order valence-corrected chi connectivity index (χ2v) is 7.38. The second-order valence-electron chi connectivity index (χ2n) is 7.38. The van der Waals surface area contributed by atoms with Crippen molar-refractivity contribution in [3.63, 3.8) is 0 Å². The van der Waals surface area contributed by atoms with Crippen molar-refractivity contribution in [2.75, 3.05) is 18.5 Å². The average Bonchev–Trinajstić information content (AvgIpc) is 3.21. The number of halogens is 3. The Labute approximate surface area is 191 Å². The molecule has 1 aromatic heterocycles. The summed E-state index contributed by atoms with van der Waals surface area (Å²) in [4.78, 5) is 14.4. The first-order chi connectivity index (χ1) is 15.8. The van der Waals surface area contributed by atoms with Gasteiger partial charge in [-0.1, -0.05) is 18.2 Å². The topological polar surface area (TPSA) is 46.5 Å². The van der Waals surface area contributed by atoms with Crippen LogP contribution in [0.3, 0.4) is 0 Å². The fraction of sp³-hybridized carbons (Fsp3) is 0.240. The number of hydrogen-bond donors (Lipinski definition) is 1. The standard InChI is InChI=1S/C25H26F3N3O2/c1-3-14-31(24(32)29-21-10-12-23(13-11-21)33-4-2)18-22-9-6-15-30(22)17-19-7-5-8-20(16-19)25(26,27)28/h3,5-13,15-16H,1,4,14,17-18H2,2H3,(H,29,32). The van der Waals surface area contributed by atoms with Gasteiger partial charge in [0.05, 0.1) is 18.7 Å². The molecule has 3 aromatic rings. The van der Waals surface area contributed by atoms with Crippen LogP contribution in [0.25, 0.3) is 0 Å². The summed E-state index contributed by atoms with van der Waals surface area (Å²) in [6.07, 6.45) is -0.987. The van der Waals surface area contributed by atoms with Gasteiger partial charge in [-0.3, -0.25) is 0 Å². The molecule has 8 heteroatoms. The van der Waals surface area contributed by atoms with Crippen LogP contribution in [-0.2, 0) is 19.3 Å². The molecular formula is C25H26F3N3O2. The highest BCUT2D eigenvalue weighted by atomic mass is 19.4. The molecule has 33 heavy (non-hydrogen) atoms. The Kier molecular flexibility index (Phi) is 7.82. The molecule has 2 amide bonds. The van der Waals surface area contributed by atoms with Gasteiger partial charge in [0.25, 0.3) is 0 Å². The van der Waals surface area contributed by atoms with Gasteiger partial charge in [-0.25, -0.2) is 4.79 Å². The van der Waals surface area contributed by atoms with E-state index in [-0.39, 0.29) is 19.1 Å². The van der Waals surface area contributed by atoms with E-state index in [9.17, 15) is 18.0 Å². The fourth-order valence-corrected chi connectivity index (χ4v) is 3.36. The summed E-state index contributed by atoms with van der Waals surface area (Å²) in [6.45, 7) is 7.00. The molecule has 0 aliphatic heterocycles. The first kappa shape index (κ1) is 24.0. The highest BCUT2D eigenvalue weighted by Gasteiger charge is 2.30. The summed E-state index contributed by atoms with van der Waals surface area (Å²) in [6, 6.07) is 15.6. The molecule has 0 aliphatic carbocycles. The molecule has 5 nitrogen and oxygen atoms in total. The zero-order chi connectivity index (χ0) is 23.8. The number of amides is 2. The van der Waals surface area contributed by atoms with E-state index >= 15 is 0 Å². The number of hydrogen-bond acceptors (Lipinski definition) is 2. The Bertz CT molecular complexity index is 1080. The molecule has 0 spiro atoms. The molecule has 0 bridgehead atoms. The summed E-state index contributed by atoms with van der Waals surface area (Å²) >= 11 is 0. The van der Waals surface area contributed by atoms with Crippen LogP contribution < -0.4 is 10.1 Å². The molecule has 0 unspecified atom stereocenters. The summed E-state index contributed by atoms with van der Waals surface area (Å²) < 4.78 is 46.3. The number of alkyl halides is 3. The lowest BCUT2D eigenvalue weighted by atomic mass is 10.1. The molecule has 1 heterocycles. The Balaban J connectivity index is 1.71. The van der Waals surface area contributed by atoms with Crippen molar-refractivity contribution >= 4 is 11.7 Å². The minimum absolute atomic E-state index is 0.259. The Hall–Kier alpha value is -3.68. The van der Waals surface area contributed by atoms with Gasteiger partial charge < -0.3 is 19.5 Å². The van der Waals surface area contributed by atoms with Crippen LogP contribution in [0.2, 0.25) is 0 Å². The van der Waals surface area contributed by atoms with Crippen LogP contribution in [0.5, 0.6) is 5.75 Å². The Morgan fingerprint density at radius 2 is 1.91 bits per heavy atom. The minimum atomic E-state index is -4.39. The highest BCUT2D eigenvalue weighted by molar-refractivity contribution is 5.89. The summed E-state index contributed by atoms with van der Waals surface area (Å²) in [5.74, 6) is 0.714. The number of urea groups is 1. The molecule has 3 rings (SSSR count). The molecule has 0 saturated heterocycles. The summed E-state index contributed by atoms with van der Waals surface area (Å²) in [7, 11) is 0. The molecule has 0 atom stereocenters. The van der Waals surface area contributed by atoms with Crippen LogP contribution >= 0.6 is 0 Å². The third-order valence-electron chi connectivity index (χ3n) is 4.94. The number of carbonyl (C=O) groups excluding carboxylic acids is 1. The molecule has 174 valence electrons. The van der Waals surface area contributed by atoms with Gasteiger partial charge >= 0.3 is 12.2 Å². The monoisotopic (exact) mass is 457 g/mol. The van der Waals surface area contributed by atoms with Crippen LogP contribution in [0.4, 0.5) is 23.7 Å². The van der Waals surface area contributed by atoms with E-state index in [2.05, 4.69) is 11.9 Å². The third kappa shape index (κ3) is 6.65. The fourth-order valence-electron chi connectivity index (χ4n) is 3.36. The van der Waals surface area contributed by atoms with Crippen LogP contribution in [0.15, 0.2) is 79.5 Å². The number of aromatic nitrogens is 1. The van der Waals surface area contributed by atoms with Crippen molar-refractivity contribution in [1.29, 1.82) is 0 Å². The normalized spacial score (nSPS) is 11.2. The van der Waals surface area contributed by atoms with Gasteiger partial charge in [-0.05, 0) is 61.0 Å². The molecule has 1 N–H and O–H groups in total. The second kappa shape index (κ2) is 10.8. The maximum Gasteiger partial charge on any atom is 0.416 e. The van der Waals surface area contributed by atoms with Crippen molar-refractivity contribution in [2.45, 2.75) is 26.2 Å². The van der Waals surface area contributed by atoms with Gasteiger partial charge in [-0.15, -0.1) is 6.58 Å². The van der Waals surface area contributed by atoms with E-state index in [1.165, 1.54) is 6.07 Å². The SMILES string of the molecule is C=CCN(Cc1cccn1Cc1cccc(C(F)(F)F)c1)C(=O)Nc1ccc(OCC)cc1. The zero-order valence-electron chi connectivity index (χ0n) is 18.3. The Morgan fingerprint density at radius 1 is 1.15 bits per heavy atom. The Morgan fingerprint density at radius 3 is 2.58 bits per heavy atom. The van der Waals surface area contributed by atoms with Gasteiger partial charge in [0.2, 0.25) is 0 Å². The summed E-state index contributed by atoms with van der Waals surface area (Å²) in [5, 5.41) is 2.85. The van der Waals surface area contributed by atoms with Crippen molar-refractivity contribution in [1.82, 2.24) is 9.47 Å². The van der Waals surface area contributed by atoms with Crippen molar-refractivity contribution < 1.29 is 22.7 Å². The number of carbonyl (C=O) groups is 1. The molecule has 0 fully saturated rings. The number of nitrogens with one attached hydrogen (secondary N) is 1. The number of nitrogens with zero attached hydrogens (tertiary/aromatic N) is 2. The van der Waals surface area contributed by atoms with Crippen LogP contribution in [0, 0.1) is 0 Å². The van der Waals surface area contributed by atoms with E-state index < -0.39 is 11.7 Å².